The highest BCUT2D eigenvalue weighted by atomic mass is 35.5. The third kappa shape index (κ3) is 2.64. The zero-order valence-electron chi connectivity index (χ0n) is 8.51. The molecule has 1 heterocycles. The van der Waals surface area contributed by atoms with Crippen LogP contribution in [0.1, 0.15) is 5.56 Å². The minimum atomic E-state index is 0.326. The number of hydrogen-bond acceptors (Lipinski definition) is 3. The summed E-state index contributed by atoms with van der Waals surface area (Å²) in [5.74, 6) is 0. The van der Waals surface area contributed by atoms with Crippen LogP contribution in [-0.4, -0.2) is 14.8 Å². The number of nitrogens with zero attached hydrogens (tertiary/aromatic N) is 4. The molecule has 0 amide bonds. The average Bonchev–Trinajstić information content (AvgIpc) is 2.81. The van der Waals surface area contributed by atoms with Crippen LogP contribution >= 0.6 is 23.2 Å². The molecule has 0 aliphatic rings. The number of allylic oxidation sites excluding steroid dienone is 1. The van der Waals surface area contributed by atoms with E-state index < -0.39 is 0 Å². The summed E-state index contributed by atoms with van der Waals surface area (Å²) in [7, 11) is 0. The third-order valence-corrected chi connectivity index (χ3v) is 2.60. The van der Waals surface area contributed by atoms with Crippen LogP contribution in [-0.2, 0) is 0 Å². The van der Waals surface area contributed by atoms with Crippen LogP contribution in [0.5, 0.6) is 0 Å². The standard InChI is InChI=1S/C11H6Cl2N4/c12-9-2-1-8(11(13)4-9)3-10(5-14)17-7-15-6-16-17/h1-4,6-7H/b10-3-. The van der Waals surface area contributed by atoms with Crippen LogP contribution in [0.4, 0.5) is 0 Å². The molecule has 2 aromatic rings. The first kappa shape index (κ1) is 11.6. The predicted octanol–water partition coefficient (Wildman–Crippen LogP) is 3.11. The first-order valence-electron chi connectivity index (χ1n) is 4.62. The van der Waals surface area contributed by atoms with E-state index >= 15 is 0 Å². The monoisotopic (exact) mass is 264 g/mol. The topological polar surface area (TPSA) is 54.5 Å². The Balaban J connectivity index is 2.44. The minimum absolute atomic E-state index is 0.326. The Morgan fingerprint density at radius 1 is 1.41 bits per heavy atom. The van der Waals surface area contributed by atoms with E-state index in [2.05, 4.69) is 10.1 Å². The Morgan fingerprint density at radius 3 is 2.82 bits per heavy atom. The van der Waals surface area contributed by atoms with E-state index in [1.54, 1.807) is 24.3 Å². The molecular formula is C11H6Cl2N4. The summed E-state index contributed by atoms with van der Waals surface area (Å²) in [6, 6.07) is 7.08. The van der Waals surface area contributed by atoms with Crippen LogP contribution < -0.4 is 0 Å². The number of nitriles is 1. The second-order valence-electron chi connectivity index (χ2n) is 3.15. The summed E-state index contributed by atoms with van der Waals surface area (Å²) in [5.41, 5.74) is 1.02. The number of benzene rings is 1. The van der Waals surface area contributed by atoms with Crippen LogP contribution in [0.3, 0.4) is 0 Å². The average molecular weight is 265 g/mol. The molecule has 84 valence electrons. The maximum absolute atomic E-state index is 9.03. The van der Waals surface area contributed by atoms with Gasteiger partial charge in [-0.25, -0.2) is 9.67 Å². The zero-order chi connectivity index (χ0) is 12.3. The van der Waals surface area contributed by atoms with Crippen molar-refractivity contribution in [1.82, 2.24) is 14.8 Å². The molecule has 0 fully saturated rings. The van der Waals surface area contributed by atoms with E-state index in [1.807, 2.05) is 6.07 Å². The summed E-state index contributed by atoms with van der Waals surface area (Å²) in [6.07, 6.45) is 4.42. The molecule has 0 atom stereocenters. The van der Waals surface area contributed by atoms with Gasteiger partial charge in [0.05, 0.1) is 0 Å². The Hall–Kier alpha value is -1.83. The van der Waals surface area contributed by atoms with Gasteiger partial charge in [-0.15, -0.1) is 0 Å². The van der Waals surface area contributed by atoms with Crippen molar-refractivity contribution in [3.63, 3.8) is 0 Å². The third-order valence-electron chi connectivity index (χ3n) is 2.03. The highest BCUT2D eigenvalue weighted by molar-refractivity contribution is 6.35. The number of hydrogen-bond donors (Lipinski definition) is 0. The Labute approximate surface area is 108 Å². The van der Waals surface area contributed by atoms with Crippen molar-refractivity contribution in [2.24, 2.45) is 0 Å². The van der Waals surface area contributed by atoms with Crippen LogP contribution in [0.25, 0.3) is 11.8 Å². The molecule has 0 saturated carbocycles. The largest absolute Gasteiger partial charge is 0.223 e. The Bertz CT molecular complexity index is 596. The first-order chi connectivity index (χ1) is 8.20. The fourth-order valence-electron chi connectivity index (χ4n) is 1.25. The van der Waals surface area contributed by atoms with Crippen molar-refractivity contribution in [2.75, 3.05) is 0 Å². The molecule has 0 N–H and O–H groups in total. The predicted molar refractivity (Wildman–Crippen MR) is 66.3 cm³/mol. The molecule has 0 unspecified atom stereocenters. The maximum atomic E-state index is 9.03. The van der Waals surface area contributed by atoms with Gasteiger partial charge in [0.2, 0.25) is 0 Å². The van der Waals surface area contributed by atoms with Gasteiger partial charge in [-0.1, -0.05) is 29.3 Å². The molecule has 0 spiro atoms. The molecule has 4 nitrogen and oxygen atoms in total. The van der Waals surface area contributed by atoms with Crippen molar-refractivity contribution in [3.8, 4) is 6.07 Å². The minimum Gasteiger partial charge on any atom is -0.223 e. The first-order valence-corrected chi connectivity index (χ1v) is 5.38. The summed E-state index contributed by atoms with van der Waals surface area (Å²) in [6.45, 7) is 0. The van der Waals surface area contributed by atoms with Gasteiger partial charge < -0.3 is 0 Å². The van der Waals surface area contributed by atoms with Crippen molar-refractivity contribution >= 4 is 35.0 Å². The van der Waals surface area contributed by atoms with E-state index in [4.69, 9.17) is 28.5 Å². The molecule has 0 saturated heterocycles. The lowest BCUT2D eigenvalue weighted by Crippen LogP contribution is -1.95. The molecule has 0 bridgehead atoms. The molecular weight excluding hydrogens is 259 g/mol. The highest BCUT2D eigenvalue weighted by Crippen LogP contribution is 2.23. The van der Waals surface area contributed by atoms with Gasteiger partial charge in [0.25, 0.3) is 0 Å². The van der Waals surface area contributed by atoms with Gasteiger partial charge in [-0.3, -0.25) is 0 Å². The van der Waals surface area contributed by atoms with Crippen molar-refractivity contribution in [1.29, 1.82) is 5.26 Å². The molecule has 0 aliphatic carbocycles. The Morgan fingerprint density at radius 2 is 2.24 bits per heavy atom. The van der Waals surface area contributed by atoms with Crippen molar-refractivity contribution in [2.45, 2.75) is 0 Å². The van der Waals surface area contributed by atoms with Gasteiger partial charge in [0.15, 0.2) is 0 Å². The van der Waals surface area contributed by atoms with E-state index in [-0.39, 0.29) is 0 Å². The van der Waals surface area contributed by atoms with Crippen LogP contribution in [0.2, 0.25) is 10.0 Å². The molecule has 1 aromatic heterocycles. The van der Waals surface area contributed by atoms with E-state index in [0.29, 0.717) is 21.3 Å². The van der Waals surface area contributed by atoms with E-state index in [9.17, 15) is 0 Å². The fraction of sp³-hybridized carbons (Fsp3) is 0. The second kappa shape index (κ2) is 5.00. The van der Waals surface area contributed by atoms with Gasteiger partial charge in [-0.05, 0) is 23.8 Å². The quantitative estimate of drug-likeness (QED) is 0.784. The molecule has 0 radical (unpaired) electrons. The van der Waals surface area contributed by atoms with E-state index in [1.165, 1.54) is 17.3 Å². The van der Waals surface area contributed by atoms with Gasteiger partial charge >= 0.3 is 0 Å². The van der Waals surface area contributed by atoms with Gasteiger partial charge in [0.1, 0.15) is 24.4 Å². The van der Waals surface area contributed by atoms with Crippen molar-refractivity contribution in [3.05, 3.63) is 46.5 Å². The lowest BCUT2D eigenvalue weighted by molar-refractivity contribution is 0.914. The van der Waals surface area contributed by atoms with E-state index in [0.717, 1.165) is 0 Å². The van der Waals surface area contributed by atoms with Crippen molar-refractivity contribution < 1.29 is 0 Å². The van der Waals surface area contributed by atoms with Gasteiger partial charge in [0, 0.05) is 10.0 Å². The van der Waals surface area contributed by atoms with Crippen LogP contribution in [0, 0.1) is 11.3 Å². The molecule has 6 heteroatoms. The number of aromatic nitrogens is 3. The summed E-state index contributed by atoms with van der Waals surface area (Å²) < 4.78 is 1.37. The van der Waals surface area contributed by atoms with Gasteiger partial charge in [-0.2, -0.15) is 10.4 Å². The Kier molecular flexibility index (Phi) is 3.43. The number of halogens is 2. The summed E-state index contributed by atoms with van der Waals surface area (Å²) >= 11 is 11.8. The van der Waals surface area contributed by atoms with Crippen LogP contribution in [0.15, 0.2) is 30.9 Å². The molecule has 0 aliphatic heterocycles. The normalized spacial score (nSPS) is 11.2. The highest BCUT2D eigenvalue weighted by Gasteiger charge is 2.03. The zero-order valence-corrected chi connectivity index (χ0v) is 10.0. The SMILES string of the molecule is N#C/C(=C/c1ccc(Cl)cc1Cl)n1cncn1. The summed E-state index contributed by atoms with van der Waals surface area (Å²) in [5, 5.41) is 13.9. The number of rotatable bonds is 2. The second-order valence-corrected chi connectivity index (χ2v) is 3.99. The lowest BCUT2D eigenvalue weighted by atomic mass is 10.2. The smallest absolute Gasteiger partial charge is 0.144 e. The lowest BCUT2D eigenvalue weighted by Gasteiger charge is -2.01. The molecule has 17 heavy (non-hydrogen) atoms. The molecule has 1 aromatic carbocycles. The maximum Gasteiger partial charge on any atom is 0.144 e. The fourth-order valence-corrected chi connectivity index (χ4v) is 1.71. The molecule has 2 rings (SSSR count). The summed E-state index contributed by atoms with van der Waals surface area (Å²) in [4.78, 5) is 3.78.